The van der Waals surface area contributed by atoms with Gasteiger partial charge in [0.25, 0.3) is 5.91 Å². The van der Waals surface area contributed by atoms with Gasteiger partial charge in [-0.1, -0.05) is 0 Å². The van der Waals surface area contributed by atoms with Crippen LogP contribution in [0.25, 0.3) is 0 Å². The van der Waals surface area contributed by atoms with E-state index in [-0.39, 0.29) is 5.54 Å². The summed E-state index contributed by atoms with van der Waals surface area (Å²) in [5.74, 6) is -0.483. The Labute approximate surface area is 96.2 Å². The third-order valence-electron chi connectivity index (χ3n) is 2.15. The summed E-state index contributed by atoms with van der Waals surface area (Å²) in [4.78, 5) is 13.1. The fourth-order valence-electron chi connectivity index (χ4n) is 1.56. The zero-order valence-corrected chi connectivity index (χ0v) is 10.6. The molecule has 1 heterocycles. The highest BCUT2D eigenvalue weighted by atomic mass is 16.1. The Balaban J connectivity index is 3.18. The number of rotatable bonds is 3. The molecule has 5 heteroatoms. The second-order valence-electron chi connectivity index (χ2n) is 5.21. The van der Waals surface area contributed by atoms with Crippen molar-refractivity contribution < 1.29 is 4.79 Å². The molecular formula is C11H20N4O. The summed E-state index contributed by atoms with van der Waals surface area (Å²) in [6, 6.07) is 1.76. The van der Waals surface area contributed by atoms with Gasteiger partial charge in [0.2, 0.25) is 0 Å². The lowest BCUT2D eigenvalue weighted by Crippen LogP contribution is -2.27. The molecule has 1 rings (SSSR count). The summed E-state index contributed by atoms with van der Waals surface area (Å²) in [6.45, 7) is 6.87. The van der Waals surface area contributed by atoms with Crippen molar-refractivity contribution in [1.82, 2.24) is 14.7 Å². The average Bonchev–Trinajstić information content (AvgIpc) is 2.45. The van der Waals surface area contributed by atoms with Gasteiger partial charge in [-0.05, 0) is 40.9 Å². The molecule has 2 N–H and O–H groups in total. The number of amides is 1. The van der Waals surface area contributed by atoms with E-state index >= 15 is 0 Å². The highest BCUT2D eigenvalue weighted by molar-refractivity contribution is 5.90. The average molecular weight is 224 g/mol. The van der Waals surface area contributed by atoms with Gasteiger partial charge in [-0.15, -0.1) is 0 Å². The fraction of sp³-hybridized carbons (Fsp3) is 0.636. The number of hydrogen-bond donors (Lipinski definition) is 1. The van der Waals surface area contributed by atoms with Gasteiger partial charge in [-0.3, -0.25) is 9.48 Å². The van der Waals surface area contributed by atoms with Crippen molar-refractivity contribution in [2.45, 2.75) is 32.9 Å². The molecule has 0 fully saturated rings. The Morgan fingerprint density at radius 3 is 2.44 bits per heavy atom. The molecule has 0 unspecified atom stereocenters. The zero-order chi connectivity index (χ0) is 12.5. The van der Waals surface area contributed by atoms with Crippen LogP contribution in [0.15, 0.2) is 6.07 Å². The molecular weight excluding hydrogens is 204 g/mol. The van der Waals surface area contributed by atoms with Crippen molar-refractivity contribution in [2.75, 3.05) is 14.1 Å². The molecule has 0 spiro atoms. The lowest BCUT2D eigenvalue weighted by atomic mass is 10.1. The van der Waals surface area contributed by atoms with Crippen LogP contribution in [0.1, 0.15) is 37.0 Å². The highest BCUT2D eigenvalue weighted by Gasteiger charge is 2.21. The first-order valence-corrected chi connectivity index (χ1v) is 5.26. The Hall–Kier alpha value is -1.36. The van der Waals surface area contributed by atoms with Crippen LogP contribution in [0.3, 0.4) is 0 Å². The van der Waals surface area contributed by atoms with Crippen LogP contribution in [-0.4, -0.2) is 34.7 Å². The number of carbonyl (C=O) groups excluding carboxylic acids is 1. The van der Waals surface area contributed by atoms with Crippen molar-refractivity contribution in [3.63, 3.8) is 0 Å². The number of primary amides is 1. The monoisotopic (exact) mass is 224 g/mol. The number of nitrogens with two attached hydrogens (primary N) is 1. The van der Waals surface area contributed by atoms with Crippen molar-refractivity contribution in [3.8, 4) is 0 Å². The second kappa shape index (κ2) is 4.25. The molecule has 5 nitrogen and oxygen atoms in total. The molecule has 0 atom stereocenters. The van der Waals surface area contributed by atoms with Crippen molar-refractivity contribution in [3.05, 3.63) is 17.5 Å². The first-order chi connectivity index (χ1) is 7.21. The van der Waals surface area contributed by atoms with Gasteiger partial charge in [0, 0.05) is 6.54 Å². The van der Waals surface area contributed by atoms with E-state index in [9.17, 15) is 4.79 Å². The van der Waals surface area contributed by atoms with Crippen molar-refractivity contribution in [1.29, 1.82) is 0 Å². The van der Waals surface area contributed by atoms with Gasteiger partial charge in [0.15, 0.2) is 0 Å². The van der Waals surface area contributed by atoms with Crippen LogP contribution in [-0.2, 0) is 12.1 Å². The molecule has 0 aliphatic heterocycles. The second-order valence-corrected chi connectivity index (χ2v) is 5.21. The Bertz CT molecular complexity index is 387. The topological polar surface area (TPSA) is 64.2 Å². The van der Waals surface area contributed by atoms with Gasteiger partial charge in [-0.25, -0.2) is 0 Å². The predicted molar refractivity (Wildman–Crippen MR) is 63.1 cm³/mol. The van der Waals surface area contributed by atoms with Crippen molar-refractivity contribution >= 4 is 5.91 Å². The van der Waals surface area contributed by atoms with Crippen LogP contribution in [0.5, 0.6) is 0 Å². The van der Waals surface area contributed by atoms with E-state index in [4.69, 9.17) is 5.73 Å². The molecule has 0 saturated heterocycles. The molecule has 0 aliphatic rings. The van der Waals surface area contributed by atoms with Crippen LogP contribution < -0.4 is 5.73 Å². The SMILES string of the molecule is CN(C)Cc1cc(C(N)=O)nn1C(C)(C)C. The van der Waals surface area contributed by atoms with E-state index in [0.29, 0.717) is 5.69 Å². The van der Waals surface area contributed by atoms with Crippen LogP contribution in [0.2, 0.25) is 0 Å². The number of nitrogens with zero attached hydrogens (tertiary/aromatic N) is 3. The molecule has 0 aromatic carbocycles. The van der Waals surface area contributed by atoms with E-state index in [2.05, 4.69) is 5.10 Å². The van der Waals surface area contributed by atoms with E-state index in [0.717, 1.165) is 12.2 Å². The summed E-state index contributed by atoms with van der Waals surface area (Å²) >= 11 is 0. The van der Waals surface area contributed by atoms with Gasteiger partial charge in [-0.2, -0.15) is 5.10 Å². The van der Waals surface area contributed by atoms with Crippen molar-refractivity contribution in [2.24, 2.45) is 5.73 Å². The number of aromatic nitrogens is 2. The maximum absolute atomic E-state index is 11.1. The third-order valence-corrected chi connectivity index (χ3v) is 2.15. The molecule has 1 aromatic rings. The van der Waals surface area contributed by atoms with Crippen LogP contribution in [0.4, 0.5) is 0 Å². The lowest BCUT2D eigenvalue weighted by Gasteiger charge is -2.23. The summed E-state index contributed by atoms with van der Waals surface area (Å²) in [5.41, 5.74) is 6.41. The molecule has 0 bridgehead atoms. The lowest BCUT2D eigenvalue weighted by molar-refractivity contribution is 0.0994. The number of hydrogen-bond acceptors (Lipinski definition) is 3. The molecule has 0 aliphatic carbocycles. The standard InChI is InChI=1S/C11H20N4O/c1-11(2,3)15-8(7-14(4)5)6-9(13-15)10(12)16/h6H,7H2,1-5H3,(H2,12,16). The van der Waals surface area contributed by atoms with Crippen LogP contribution in [0, 0.1) is 0 Å². The van der Waals surface area contributed by atoms with Gasteiger partial charge in [0.1, 0.15) is 5.69 Å². The minimum atomic E-state index is -0.483. The maximum Gasteiger partial charge on any atom is 0.269 e. The van der Waals surface area contributed by atoms with E-state index in [1.165, 1.54) is 0 Å². The zero-order valence-electron chi connectivity index (χ0n) is 10.6. The van der Waals surface area contributed by atoms with Gasteiger partial charge < -0.3 is 10.6 Å². The Kier molecular flexibility index (Phi) is 3.38. The molecule has 0 saturated carbocycles. The van der Waals surface area contributed by atoms with Crippen LogP contribution >= 0.6 is 0 Å². The molecule has 0 radical (unpaired) electrons. The first kappa shape index (κ1) is 12.7. The first-order valence-electron chi connectivity index (χ1n) is 5.26. The van der Waals surface area contributed by atoms with Gasteiger partial charge >= 0.3 is 0 Å². The molecule has 1 aromatic heterocycles. The molecule has 16 heavy (non-hydrogen) atoms. The van der Waals surface area contributed by atoms with E-state index in [1.54, 1.807) is 6.07 Å². The fourth-order valence-corrected chi connectivity index (χ4v) is 1.56. The molecule has 90 valence electrons. The Morgan fingerprint density at radius 2 is 2.06 bits per heavy atom. The van der Waals surface area contributed by atoms with Gasteiger partial charge in [0.05, 0.1) is 11.2 Å². The van der Waals surface area contributed by atoms with E-state index < -0.39 is 5.91 Å². The minimum Gasteiger partial charge on any atom is -0.364 e. The summed E-state index contributed by atoms with van der Waals surface area (Å²) in [6.07, 6.45) is 0. The number of carbonyl (C=O) groups is 1. The highest BCUT2D eigenvalue weighted by Crippen LogP contribution is 2.18. The summed E-state index contributed by atoms with van der Waals surface area (Å²) in [7, 11) is 3.95. The third kappa shape index (κ3) is 2.82. The molecule has 1 amide bonds. The minimum absolute atomic E-state index is 0.154. The quantitative estimate of drug-likeness (QED) is 0.826. The summed E-state index contributed by atoms with van der Waals surface area (Å²) in [5, 5.41) is 4.25. The smallest absolute Gasteiger partial charge is 0.269 e. The largest absolute Gasteiger partial charge is 0.364 e. The Morgan fingerprint density at radius 1 is 1.50 bits per heavy atom. The maximum atomic E-state index is 11.1. The predicted octanol–water partition coefficient (Wildman–Crippen LogP) is 0.799. The summed E-state index contributed by atoms with van der Waals surface area (Å²) < 4.78 is 1.85. The normalized spacial score (nSPS) is 12.1. The van der Waals surface area contributed by atoms with E-state index in [1.807, 2.05) is 44.4 Å².